The number of pyridine rings is 1. The first-order valence-electron chi connectivity index (χ1n) is 11.7. The first kappa shape index (κ1) is 26.8. The van der Waals surface area contributed by atoms with Gasteiger partial charge in [-0.25, -0.2) is 9.78 Å². The maximum absolute atomic E-state index is 12.8. The zero-order chi connectivity index (χ0) is 26.2. The number of nitrogens with one attached hydrogen (secondary N) is 2. The van der Waals surface area contributed by atoms with Crippen LogP contribution in [-0.2, 0) is 27.4 Å². The van der Waals surface area contributed by atoms with Gasteiger partial charge in [0.25, 0.3) is 0 Å². The SMILES string of the molecule is COCCn1c(C(=O)OC)c(NC(=O)CC(C)C)c2cc(NCc3cc(OC)cc(OC)c3)cnc21. The molecule has 1 aromatic carbocycles. The maximum atomic E-state index is 12.8. The summed E-state index contributed by atoms with van der Waals surface area (Å²) >= 11 is 0. The monoisotopic (exact) mass is 498 g/mol. The Morgan fingerprint density at radius 1 is 1.03 bits per heavy atom. The van der Waals surface area contributed by atoms with Crippen LogP contribution in [0.4, 0.5) is 11.4 Å². The second kappa shape index (κ2) is 12.3. The molecule has 0 atom stereocenters. The molecular formula is C26H34N4O6. The number of rotatable bonds is 12. The molecule has 10 heteroatoms. The predicted molar refractivity (Wildman–Crippen MR) is 138 cm³/mol. The number of carbonyl (C=O) groups is 2. The summed E-state index contributed by atoms with van der Waals surface area (Å²) in [5, 5.41) is 6.90. The predicted octanol–water partition coefficient (Wildman–Crippen LogP) is 4.08. The molecule has 0 saturated carbocycles. The van der Waals surface area contributed by atoms with Gasteiger partial charge in [0, 0.05) is 38.1 Å². The molecule has 3 aromatic rings. The molecule has 0 fully saturated rings. The summed E-state index contributed by atoms with van der Waals surface area (Å²) in [6, 6.07) is 7.49. The van der Waals surface area contributed by atoms with Gasteiger partial charge in [-0.05, 0) is 29.7 Å². The van der Waals surface area contributed by atoms with Gasteiger partial charge in [0.15, 0.2) is 5.69 Å². The van der Waals surface area contributed by atoms with Crippen LogP contribution < -0.4 is 20.1 Å². The molecule has 194 valence electrons. The summed E-state index contributed by atoms with van der Waals surface area (Å²) in [6.07, 6.45) is 2.00. The number of carbonyl (C=O) groups excluding carboxylic acids is 2. The van der Waals surface area contributed by atoms with E-state index in [0.717, 1.165) is 5.56 Å². The molecule has 2 N–H and O–H groups in total. The molecule has 10 nitrogen and oxygen atoms in total. The number of anilines is 2. The highest BCUT2D eigenvalue weighted by molar-refractivity contribution is 6.11. The Kier molecular flexibility index (Phi) is 9.13. The summed E-state index contributed by atoms with van der Waals surface area (Å²) in [4.78, 5) is 30.1. The first-order valence-corrected chi connectivity index (χ1v) is 11.7. The van der Waals surface area contributed by atoms with Crippen molar-refractivity contribution in [2.24, 2.45) is 5.92 Å². The topological polar surface area (TPSA) is 113 Å². The van der Waals surface area contributed by atoms with Crippen molar-refractivity contribution in [1.29, 1.82) is 0 Å². The third-order valence-electron chi connectivity index (χ3n) is 5.56. The van der Waals surface area contributed by atoms with Crippen LogP contribution in [-0.4, -0.2) is 56.5 Å². The lowest BCUT2D eigenvalue weighted by atomic mass is 10.1. The number of hydrogen-bond acceptors (Lipinski definition) is 8. The second-order valence-corrected chi connectivity index (χ2v) is 8.68. The average Bonchev–Trinajstić information content (AvgIpc) is 3.16. The Bertz CT molecular complexity index is 1200. The molecule has 2 aromatic heterocycles. The van der Waals surface area contributed by atoms with Crippen LogP contribution in [0.2, 0.25) is 0 Å². The van der Waals surface area contributed by atoms with Gasteiger partial charge in [0.05, 0.1) is 45.5 Å². The van der Waals surface area contributed by atoms with Crippen molar-refractivity contribution in [1.82, 2.24) is 9.55 Å². The number of methoxy groups -OCH3 is 4. The van der Waals surface area contributed by atoms with E-state index in [-0.39, 0.29) is 17.5 Å². The van der Waals surface area contributed by atoms with Crippen LogP contribution in [0.25, 0.3) is 11.0 Å². The molecule has 1 amide bonds. The second-order valence-electron chi connectivity index (χ2n) is 8.68. The number of fused-ring (bicyclic) bond motifs is 1. The Morgan fingerprint density at radius 2 is 1.72 bits per heavy atom. The first-order chi connectivity index (χ1) is 17.3. The van der Waals surface area contributed by atoms with Gasteiger partial charge in [-0.3, -0.25) is 4.79 Å². The maximum Gasteiger partial charge on any atom is 0.356 e. The number of benzene rings is 1. The molecule has 36 heavy (non-hydrogen) atoms. The van der Waals surface area contributed by atoms with Crippen LogP contribution in [0.3, 0.4) is 0 Å². The molecule has 0 saturated heterocycles. The molecule has 0 bridgehead atoms. The smallest absolute Gasteiger partial charge is 0.356 e. The van der Waals surface area contributed by atoms with E-state index in [1.54, 1.807) is 38.2 Å². The Labute approximate surface area is 210 Å². The molecule has 0 spiro atoms. The quantitative estimate of drug-likeness (QED) is 0.359. The van der Waals surface area contributed by atoms with Crippen LogP contribution >= 0.6 is 0 Å². The normalized spacial score (nSPS) is 11.0. The molecule has 0 radical (unpaired) electrons. The standard InChI is InChI=1S/C26H34N4O6/c1-16(2)9-22(31)29-23-21-12-18(27-14-17-10-19(34-4)13-20(11-17)35-5)15-28-25(21)30(7-8-33-3)24(23)26(32)36-6/h10-13,15-16,27H,7-9,14H2,1-6H3,(H,29,31). The van der Waals surface area contributed by atoms with E-state index in [4.69, 9.17) is 18.9 Å². The number of nitrogens with zero attached hydrogens (tertiary/aromatic N) is 2. The fourth-order valence-corrected chi connectivity index (χ4v) is 3.89. The highest BCUT2D eigenvalue weighted by atomic mass is 16.5. The molecule has 3 rings (SSSR count). The molecule has 0 aliphatic carbocycles. The van der Waals surface area contributed by atoms with E-state index in [9.17, 15) is 9.59 Å². The molecule has 0 unspecified atom stereocenters. The van der Waals surface area contributed by atoms with Crippen molar-refractivity contribution in [2.75, 3.05) is 45.7 Å². The molecule has 0 aliphatic heterocycles. The van der Waals surface area contributed by atoms with Gasteiger partial charge in [-0.1, -0.05) is 13.8 Å². The lowest BCUT2D eigenvalue weighted by molar-refractivity contribution is -0.116. The zero-order valence-electron chi connectivity index (χ0n) is 21.6. The number of ether oxygens (including phenoxy) is 4. The van der Waals surface area contributed by atoms with Gasteiger partial charge in [-0.2, -0.15) is 0 Å². The largest absolute Gasteiger partial charge is 0.497 e. The number of hydrogen-bond donors (Lipinski definition) is 2. The van der Waals surface area contributed by atoms with Crippen LogP contribution in [0.1, 0.15) is 36.3 Å². The van der Waals surface area contributed by atoms with Crippen LogP contribution in [0.15, 0.2) is 30.5 Å². The molecule has 2 heterocycles. The zero-order valence-corrected chi connectivity index (χ0v) is 21.6. The van der Waals surface area contributed by atoms with Crippen molar-refractivity contribution >= 4 is 34.3 Å². The summed E-state index contributed by atoms with van der Waals surface area (Å²) in [5.74, 6) is 0.772. The van der Waals surface area contributed by atoms with Crippen LogP contribution in [0, 0.1) is 5.92 Å². The van der Waals surface area contributed by atoms with Gasteiger partial charge in [-0.15, -0.1) is 0 Å². The summed E-state index contributed by atoms with van der Waals surface area (Å²) in [5.41, 5.74) is 2.80. The van der Waals surface area contributed by atoms with Gasteiger partial charge in [0.1, 0.15) is 17.1 Å². The Morgan fingerprint density at radius 3 is 2.31 bits per heavy atom. The number of aromatic nitrogens is 2. The van der Waals surface area contributed by atoms with Crippen molar-refractivity contribution in [3.63, 3.8) is 0 Å². The minimum atomic E-state index is -0.568. The lowest BCUT2D eigenvalue weighted by Crippen LogP contribution is -2.19. The van der Waals surface area contributed by atoms with Crippen molar-refractivity contribution in [3.8, 4) is 11.5 Å². The van der Waals surface area contributed by atoms with E-state index < -0.39 is 5.97 Å². The van der Waals surface area contributed by atoms with E-state index in [1.165, 1.54) is 7.11 Å². The minimum absolute atomic E-state index is 0.156. The summed E-state index contributed by atoms with van der Waals surface area (Å²) < 4.78 is 22.7. The molecular weight excluding hydrogens is 464 g/mol. The van der Waals surface area contributed by atoms with Gasteiger partial charge in [0.2, 0.25) is 5.91 Å². The highest BCUT2D eigenvalue weighted by Crippen LogP contribution is 2.33. The summed E-state index contributed by atoms with van der Waals surface area (Å²) in [7, 11) is 6.10. The van der Waals surface area contributed by atoms with Crippen LogP contribution in [0.5, 0.6) is 11.5 Å². The van der Waals surface area contributed by atoms with E-state index in [2.05, 4.69) is 15.6 Å². The third kappa shape index (κ3) is 6.25. The lowest BCUT2D eigenvalue weighted by Gasteiger charge is -2.11. The fraction of sp³-hybridized carbons (Fsp3) is 0.423. The number of esters is 1. The molecule has 0 aliphatic rings. The van der Waals surface area contributed by atoms with E-state index >= 15 is 0 Å². The van der Waals surface area contributed by atoms with Gasteiger partial charge >= 0.3 is 5.97 Å². The van der Waals surface area contributed by atoms with Gasteiger partial charge < -0.3 is 34.1 Å². The number of amides is 1. The van der Waals surface area contributed by atoms with Crippen molar-refractivity contribution < 1.29 is 28.5 Å². The highest BCUT2D eigenvalue weighted by Gasteiger charge is 2.26. The van der Waals surface area contributed by atoms with Crippen molar-refractivity contribution in [2.45, 2.75) is 33.4 Å². The Balaban J connectivity index is 2.03. The Hall–Kier alpha value is -3.79. The van der Waals surface area contributed by atoms with E-state index in [1.807, 2.05) is 32.0 Å². The summed E-state index contributed by atoms with van der Waals surface area (Å²) in [6.45, 7) is 5.11. The van der Waals surface area contributed by atoms with Crippen molar-refractivity contribution in [3.05, 3.63) is 41.7 Å². The third-order valence-corrected chi connectivity index (χ3v) is 5.56. The fourth-order valence-electron chi connectivity index (χ4n) is 3.89. The van der Waals surface area contributed by atoms with E-state index in [0.29, 0.717) is 60.0 Å². The average molecular weight is 499 g/mol. The minimum Gasteiger partial charge on any atom is -0.497 e.